The van der Waals surface area contributed by atoms with Crippen molar-refractivity contribution in [1.29, 1.82) is 0 Å². The predicted molar refractivity (Wildman–Crippen MR) is 99.5 cm³/mol. The largest absolute Gasteiger partial charge is 0.457 e. The molecule has 128 valence electrons. The molecule has 0 atom stereocenters. The Balaban J connectivity index is 1.96. The first kappa shape index (κ1) is 17.1. The van der Waals surface area contributed by atoms with Crippen LogP contribution in [0.15, 0.2) is 52.5 Å². The van der Waals surface area contributed by atoms with Crippen LogP contribution in [0.5, 0.6) is 0 Å². The van der Waals surface area contributed by atoms with Crippen molar-refractivity contribution in [3.05, 3.63) is 53.8 Å². The minimum atomic E-state index is -0.389. The van der Waals surface area contributed by atoms with Gasteiger partial charge in [0.2, 0.25) is 0 Å². The molecule has 2 heterocycles. The Morgan fingerprint density at radius 2 is 1.56 bits per heavy atom. The summed E-state index contributed by atoms with van der Waals surface area (Å²) in [5.41, 5.74) is 0.992. The summed E-state index contributed by atoms with van der Waals surface area (Å²) in [4.78, 5) is 28.0. The average Bonchev–Trinajstić information content (AvgIpc) is 3.09. The molecule has 25 heavy (non-hydrogen) atoms. The molecule has 1 aliphatic rings. The quantitative estimate of drug-likeness (QED) is 0.480. The summed E-state index contributed by atoms with van der Waals surface area (Å²) in [7, 11) is 0. The van der Waals surface area contributed by atoms with Gasteiger partial charge < -0.3 is 4.42 Å². The van der Waals surface area contributed by atoms with Crippen LogP contribution >= 0.6 is 12.2 Å². The molecule has 2 aromatic rings. The molecule has 1 aromatic carbocycles. The Bertz CT molecular complexity index is 827. The Kier molecular flexibility index (Phi) is 4.81. The van der Waals surface area contributed by atoms with E-state index in [2.05, 4.69) is 0 Å². The first-order valence-electron chi connectivity index (χ1n) is 8.11. The Hall–Kier alpha value is -2.73. The van der Waals surface area contributed by atoms with Gasteiger partial charge in [0, 0.05) is 18.7 Å². The summed E-state index contributed by atoms with van der Waals surface area (Å²) in [6, 6.07) is 13.2. The fraction of sp³-hybridized carbons (Fsp3) is 0.211. The highest BCUT2D eigenvalue weighted by Gasteiger charge is 2.38. The lowest BCUT2D eigenvalue weighted by Gasteiger charge is -2.35. The maximum Gasteiger partial charge on any atom is 0.265 e. The van der Waals surface area contributed by atoms with Crippen LogP contribution in [0, 0.1) is 0 Å². The average molecular weight is 354 g/mol. The van der Waals surface area contributed by atoms with Crippen LogP contribution in [0.25, 0.3) is 17.4 Å². The number of benzene rings is 1. The maximum absolute atomic E-state index is 12.6. The van der Waals surface area contributed by atoms with Crippen LogP contribution in [0.2, 0.25) is 0 Å². The van der Waals surface area contributed by atoms with Gasteiger partial charge in [0.1, 0.15) is 17.1 Å². The van der Waals surface area contributed by atoms with Gasteiger partial charge in [-0.2, -0.15) is 0 Å². The van der Waals surface area contributed by atoms with E-state index in [9.17, 15) is 9.59 Å². The van der Waals surface area contributed by atoms with Crippen molar-refractivity contribution in [1.82, 2.24) is 9.80 Å². The van der Waals surface area contributed by atoms with Gasteiger partial charge >= 0.3 is 0 Å². The zero-order chi connectivity index (χ0) is 18.0. The number of carbonyl (C=O) groups is 2. The molecule has 0 unspecified atom stereocenters. The molecule has 0 N–H and O–H groups in total. The lowest BCUT2D eigenvalue weighted by Crippen LogP contribution is -2.55. The minimum absolute atomic E-state index is 0.0614. The van der Waals surface area contributed by atoms with E-state index in [1.165, 1.54) is 15.9 Å². The van der Waals surface area contributed by atoms with Crippen LogP contribution in [0.4, 0.5) is 0 Å². The van der Waals surface area contributed by atoms with Crippen molar-refractivity contribution in [3.63, 3.8) is 0 Å². The van der Waals surface area contributed by atoms with Crippen LogP contribution in [-0.4, -0.2) is 39.8 Å². The molecular formula is C19H18N2O3S. The van der Waals surface area contributed by atoms with Gasteiger partial charge in [-0.15, -0.1) is 0 Å². The molecular weight excluding hydrogens is 336 g/mol. The highest BCUT2D eigenvalue weighted by atomic mass is 32.1. The Morgan fingerprint density at radius 1 is 0.960 bits per heavy atom. The summed E-state index contributed by atoms with van der Waals surface area (Å²) in [5, 5.41) is 0.251. The fourth-order valence-corrected chi connectivity index (χ4v) is 3.14. The second-order valence-electron chi connectivity index (χ2n) is 5.51. The fourth-order valence-electron chi connectivity index (χ4n) is 2.71. The summed E-state index contributed by atoms with van der Waals surface area (Å²) >= 11 is 5.25. The van der Waals surface area contributed by atoms with Crippen LogP contribution in [0.3, 0.4) is 0 Å². The molecule has 0 aliphatic carbocycles. The van der Waals surface area contributed by atoms with E-state index in [1.54, 1.807) is 6.07 Å². The zero-order valence-corrected chi connectivity index (χ0v) is 14.9. The highest BCUT2D eigenvalue weighted by Crippen LogP contribution is 2.25. The predicted octanol–water partition coefficient (Wildman–Crippen LogP) is 3.33. The number of hydrogen-bond donors (Lipinski definition) is 0. The van der Waals surface area contributed by atoms with Crippen LogP contribution in [0.1, 0.15) is 19.6 Å². The third-order valence-corrected chi connectivity index (χ3v) is 4.46. The second kappa shape index (κ2) is 7.03. The van der Waals surface area contributed by atoms with Crippen LogP contribution in [-0.2, 0) is 9.59 Å². The van der Waals surface area contributed by atoms with Gasteiger partial charge in [0.25, 0.3) is 11.8 Å². The molecule has 1 aliphatic heterocycles. The molecule has 0 bridgehead atoms. The molecule has 6 heteroatoms. The van der Waals surface area contributed by atoms with Gasteiger partial charge in [-0.25, -0.2) is 0 Å². The molecule has 1 saturated heterocycles. The number of likely N-dealkylation sites (N-methyl/N-ethyl adjacent to an activating group) is 2. The smallest absolute Gasteiger partial charge is 0.265 e. The van der Waals surface area contributed by atoms with E-state index in [1.807, 2.05) is 50.2 Å². The molecule has 0 radical (unpaired) electrons. The molecule has 1 aromatic heterocycles. The molecule has 2 amide bonds. The summed E-state index contributed by atoms with van der Waals surface area (Å²) in [6.45, 7) is 4.47. The third kappa shape index (κ3) is 3.13. The number of furan rings is 1. The van der Waals surface area contributed by atoms with E-state index in [-0.39, 0.29) is 22.5 Å². The summed E-state index contributed by atoms with van der Waals surface area (Å²) in [6.07, 6.45) is 1.49. The normalized spacial score (nSPS) is 15.1. The maximum atomic E-state index is 12.6. The van der Waals surface area contributed by atoms with Crippen molar-refractivity contribution in [2.24, 2.45) is 0 Å². The Morgan fingerprint density at radius 3 is 2.12 bits per heavy atom. The monoisotopic (exact) mass is 354 g/mol. The molecule has 0 spiro atoms. The van der Waals surface area contributed by atoms with Crippen molar-refractivity contribution in [3.8, 4) is 11.3 Å². The lowest BCUT2D eigenvalue weighted by molar-refractivity contribution is -0.133. The van der Waals surface area contributed by atoms with Crippen molar-refractivity contribution < 1.29 is 14.0 Å². The van der Waals surface area contributed by atoms with E-state index in [0.29, 0.717) is 24.6 Å². The van der Waals surface area contributed by atoms with E-state index in [4.69, 9.17) is 16.6 Å². The zero-order valence-electron chi connectivity index (χ0n) is 14.1. The second-order valence-corrected chi connectivity index (χ2v) is 5.87. The third-order valence-electron chi connectivity index (χ3n) is 4.02. The first-order valence-corrected chi connectivity index (χ1v) is 8.52. The minimum Gasteiger partial charge on any atom is -0.457 e. The van der Waals surface area contributed by atoms with Crippen LogP contribution < -0.4 is 0 Å². The van der Waals surface area contributed by atoms with E-state index in [0.717, 1.165) is 5.56 Å². The lowest BCUT2D eigenvalue weighted by atomic mass is 10.1. The molecule has 0 saturated carbocycles. The first-order chi connectivity index (χ1) is 12.1. The van der Waals surface area contributed by atoms with E-state index < -0.39 is 0 Å². The molecule has 1 fully saturated rings. The summed E-state index contributed by atoms with van der Waals surface area (Å²) < 4.78 is 5.78. The van der Waals surface area contributed by atoms with Gasteiger partial charge in [-0.05, 0) is 44.3 Å². The van der Waals surface area contributed by atoms with Gasteiger partial charge in [0.15, 0.2) is 5.11 Å². The van der Waals surface area contributed by atoms with Crippen molar-refractivity contribution in [2.75, 3.05) is 13.1 Å². The number of thiocarbonyl (C=S) groups is 1. The van der Waals surface area contributed by atoms with Gasteiger partial charge in [0.05, 0.1) is 0 Å². The standard InChI is InChI=1S/C19H18N2O3S/c1-3-20-17(22)15(18(23)21(4-2)19(20)25)12-14-10-11-16(24-14)13-8-6-5-7-9-13/h5-12H,3-4H2,1-2H3. The van der Waals surface area contributed by atoms with Gasteiger partial charge in [-0.3, -0.25) is 19.4 Å². The van der Waals surface area contributed by atoms with E-state index >= 15 is 0 Å². The number of amides is 2. The number of nitrogens with zero attached hydrogens (tertiary/aromatic N) is 2. The number of carbonyl (C=O) groups excluding carboxylic acids is 2. The number of hydrogen-bond acceptors (Lipinski definition) is 4. The number of rotatable bonds is 4. The van der Waals surface area contributed by atoms with Gasteiger partial charge in [-0.1, -0.05) is 30.3 Å². The highest BCUT2D eigenvalue weighted by molar-refractivity contribution is 7.80. The SMILES string of the molecule is CCN1C(=O)C(=Cc2ccc(-c3ccccc3)o2)C(=O)N(CC)C1=S. The van der Waals surface area contributed by atoms with Crippen molar-refractivity contribution in [2.45, 2.75) is 13.8 Å². The molecule has 5 nitrogen and oxygen atoms in total. The Labute approximate surface area is 151 Å². The summed E-state index contributed by atoms with van der Waals surface area (Å²) in [5.74, 6) is 0.355. The topological polar surface area (TPSA) is 53.8 Å². The molecule has 3 rings (SSSR count). The van der Waals surface area contributed by atoms with Crippen molar-refractivity contribution >= 4 is 35.2 Å².